The monoisotopic (exact) mass is 572 g/mol. The maximum Gasteiger partial charge on any atom is 0.213 e. The lowest BCUT2D eigenvalue weighted by atomic mass is 9.70. The summed E-state index contributed by atoms with van der Waals surface area (Å²) in [6.07, 6.45) is 2.28. The summed E-state index contributed by atoms with van der Waals surface area (Å²) in [7, 11) is 0. The zero-order chi connectivity index (χ0) is 29.3. The van der Waals surface area contributed by atoms with Crippen LogP contribution in [0.25, 0.3) is 22.5 Å². The second-order valence-corrected chi connectivity index (χ2v) is 10.1. The van der Waals surface area contributed by atoms with Gasteiger partial charge in [-0.3, -0.25) is 9.59 Å². The number of piperidine rings is 1. The number of hydrogen-bond acceptors (Lipinski definition) is 10. The summed E-state index contributed by atoms with van der Waals surface area (Å²) in [5.74, 6) is -1.13. The Hall–Kier alpha value is -4.71. The van der Waals surface area contributed by atoms with Gasteiger partial charge in [-0.05, 0) is 74.1 Å². The van der Waals surface area contributed by atoms with E-state index in [0.717, 1.165) is 0 Å². The smallest absolute Gasteiger partial charge is 0.213 e. The maximum absolute atomic E-state index is 14.5. The first kappa shape index (κ1) is 27.5. The Kier molecular flexibility index (Phi) is 7.38. The van der Waals surface area contributed by atoms with E-state index in [4.69, 9.17) is 14.2 Å². The molecule has 0 saturated carbocycles. The van der Waals surface area contributed by atoms with Crippen LogP contribution in [0.3, 0.4) is 0 Å². The zero-order valence-corrected chi connectivity index (χ0v) is 23.1. The maximum atomic E-state index is 14.5. The first-order valence-corrected chi connectivity index (χ1v) is 13.9. The van der Waals surface area contributed by atoms with Crippen LogP contribution in [0.15, 0.2) is 48.7 Å². The number of aromatic nitrogens is 5. The molecule has 4 aromatic rings. The van der Waals surface area contributed by atoms with E-state index in [0.29, 0.717) is 65.7 Å². The number of hydrogen-bond donors (Lipinski definition) is 2. The van der Waals surface area contributed by atoms with E-state index in [9.17, 15) is 14.0 Å². The summed E-state index contributed by atoms with van der Waals surface area (Å²) < 4.78 is 32.6. The van der Waals surface area contributed by atoms with Crippen molar-refractivity contribution in [3.05, 3.63) is 65.7 Å². The van der Waals surface area contributed by atoms with Gasteiger partial charge in [0, 0.05) is 36.2 Å². The molecule has 0 aliphatic carbocycles. The Morgan fingerprint density at radius 3 is 2.43 bits per heavy atom. The Labute approximate surface area is 240 Å². The van der Waals surface area contributed by atoms with E-state index in [2.05, 4.69) is 30.9 Å². The summed E-state index contributed by atoms with van der Waals surface area (Å²) in [6, 6.07) is 11.2. The number of halogens is 1. The topological polar surface area (TPSA) is 141 Å². The number of H-pyrrole nitrogens is 1. The van der Waals surface area contributed by atoms with Crippen molar-refractivity contribution in [2.75, 3.05) is 26.3 Å². The molecule has 1 atom stereocenters. The van der Waals surface area contributed by atoms with Crippen molar-refractivity contribution in [2.24, 2.45) is 5.92 Å². The Morgan fingerprint density at radius 1 is 1.05 bits per heavy atom. The number of pyridine rings is 1. The highest BCUT2D eigenvalue weighted by atomic mass is 19.1. The number of Topliss-reactive ketones (excluding diaryl/α,β-unsaturated/α-hetero) is 2. The third-order valence-corrected chi connectivity index (χ3v) is 7.63. The van der Waals surface area contributed by atoms with Crippen molar-refractivity contribution in [3.63, 3.8) is 0 Å². The molecular weight excluding hydrogens is 543 g/mol. The number of tetrazole rings is 1. The van der Waals surface area contributed by atoms with E-state index in [1.807, 2.05) is 13.8 Å². The SMILES string of the molecule is CCOc1cc(C(=O)[C@@H]2C(=O)c3cc(-c4nn[nH]n4)ccc3OC23CCNCC3)cc(OCC)c1-c1ccnc(F)c1. The van der Waals surface area contributed by atoms with Gasteiger partial charge in [0.2, 0.25) is 11.8 Å². The number of nitrogens with one attached hydrogen (secondary N) is 2. The van der Waals surface area contributed by atoms with Crippen LogP contribution in [-0.4, -0.2) is 69.1 Å². The molecule has 4 heterocycles. The fourth-order valence-corrected chi connectivity index (χ4v) is 5.79. The highest BCUT2D eigenvalue weighted by Gasteiger charge is 2.54. The van der Waals surface area contributed by atoms with Crippen LogP contribution in [-0.2, 0) is 0 Å². The second kappa shape index (κ2) is 11.3. The van der Waals surface area contributed by atoms with E-state index in [1.54, 1.807) is 36.4 Å². The molecule has 0 unspecified atom stereocenters. The molecule has 0 bridgehead atoms. The minimum Gasteiger partial charge on any atom is -0.493 e. The molecule has 0 radical (unpaired) electrons. The largest absolute Gasteiger partial charge is 0.493 e. The molecule has 2 aromatic carbocycles. The van der Waals surface area contributed by atoms with Gasteiger partial charge in [-0.2, -0.15) is 9.60 Å². The number of ketones is 2. The number of nitrogens with zero attached hydrogens (tertiary/aromatic N) is 4. The standard InChI is InChI=1S/C30H29FN6O5/c1-3-40-22-14-19(15-23(41-4-2)25(22)17-7-10-33-24(31)16-17)27(38)26-28(39)20-13-18(29-34-36-37-35-29)5-6-21(20)42-30(26)8-11-32-12-9-30/h5-7,10,13-16,26,32H,3-4,8-9,11-12H2,1-2H3,(H,34,35,36,37)/t26-/m1/s1. The molecule has 2 aromatic heterocycles. The number of ether oxygens (including phenoxy) is 3. The first-order valence-electron chi connectivity index (χ1n) is 13.9. The highest BCUT2D eigenvalue weighted by Crippen LogP contribution is 2.46. The average molecular weight is 573 g/mol. The third kappa shape index (κ3) is 4.87. The molecule has 1 saturated heterocycles. The summed E-state index contributed by atoms with van der Waals surface area (Å²) >= 11 is 0. The fourth-order valence-electron chi connectivity index (χ4n) is 5.79. The highest BCUT2D eigenvalue weighted by molar-refractivity contribution is 6.19. The van der Waals surface area contributed by atoms with Crippen LogP contribution in [0.4, 0.5) is 4.39 Å². The fraction of sp³-hybridized carbons (Fsp3) is 0.333. The third-order valence-electron chi connectivity index (χ3n) is 7.63. The number of benzene rings is 2. The van der Waals surface area contributed by atoms with Crippen molar-refractivity contribution in [2.45, 2.75) is 32.3 Å². The van der Waals surface area contributed by atoms with Gasteiger partial charge in [-0.15, -0.1) is 10.2 Å². The normalized spacial score (nSPS) is 17.4. The predicted octanol–water partition coefficient (Wildman–Crippen LogP) is 4.06. The summed E-state index contributed by atoms with van der Waals surface area (Å²) in [6.45, 7) is 5.38. The van der Waals surface area contributed by atoms with Crippen LogP contribution in [0.1, 0.15) is 47.4 Å². The van der Waals surface area contributed by atoms with Crippen LogP contribution >= 0.6 is 0 Å². The Morgan fingerprint density at radius 2 is 1.79 bits per heavy atom. The summed E-state index contributed by atoms with van der Waals surface area (Å²) in [4.78, 5) is 32.4. The molecule has 1 fully saturated rings. The predicted molar refractivity (Wildman–Crippen MR) is 149 cm³/mol. The van der Waals surface area contributed by atoms with E-state index < -0.39 is 23.2 Å². The molecular formula is C30H29FN6O5. The molecule has 0 amide bonds. The lowest BCUT2D eigenvalue weighted by molar-refractivity contribution is -0.0138. The zero-order valence-electron chi connectivity index (χ0n) is 23.1. The van der Waals surface area contributed by atoms with E-state index in [1.165, 1.54) is 12.3 Å². The van der Waals surface area contributed by atoms with Gasteiger partial charge < -0.3 is 19.5 Å². The lowest BCUT2D eigenvalue weighted by Crippen LogP contribution is -2.58. The van der Waals surface area contributed by atoms with Crippen LogP contribution < -0.4 is 19.5 Å². The minimum atomic E-state index is -1.12. The molecule has 2 aliphatic rings. The number of carbonyl (C=O) groups excluding carboxylic acids is 2. The molecule has 2 N–H and O–H groups in total. The van der Waals surface area contributed by atoms with Crippen molar-refractivity contribution in [1.82, 2.24) is 30.9 Å². The van der Waals surface area contributed by atoms with Crippen molar-refractivity contribution in [3.8, 4) is 39.8 Å². The van der Waals surface area contributed by atoms with Gasteiger partial charge in [0.15, 0.2) is 11.6 Å². The van der Waals surface area contributed by atoms with Gasteiger partial charge >= 0.3 is 0 Å². The van der Waals surface area contributed by atoms with Gasteiger partial charge in [-0.25, -0.2) is 4.98 Å². The molecule has 216 valence electrons. The summed E-state index contributed by atoms with van der Waals surface area (Å²) in [5.41, 5.74) is 1.03. The second-order valence-electron chi connectivity index (χ2n) is 10.1. The van der Waals surface area contributed by atoms with Crippen LogP contribution in [0, 0.1) is 11.9 Å². The lowest BCUT2D eigenvalue weighted by Gasteiger charge is -2.45. The quantitative estimate of drug-likeness (QED) is 0.180. The molecule has 11 nitrogen and oxygen atoms in total. The number of fused-ring (bicyclic) bond motifs is 1. The molecule has 2 aliphatic heterocycles. The first-order chi connectivity index (χ1) is 20.4. The van der Waals surface area contributed by atoms with Crippen LogP contribution in [0.5, 0.6) is 17.2 Å². The van der Waals surface area contributed by atoms with Gasteiger partial charge in [0.05, 0.1) is 24.3 Å². The van der Waals surface area contributed by atoms with Crippen molar-refractivity contribution >= 4 is 11.6 Å². The van der Waals surface area contributed by atoms with Crippen LogP contribution in [0.2, 0.25) is 0 Å². The summed E-state index contributed by atoms with van der Waals surface area (Å²) in [5, 5.41) is 17.3. The Balaban J connectivity index is 1.47. The van der Waals surface area contributed by atoms with Gasteiger partial charge in [0.25, 0.3) is 0 Å². The number of carbonyl (C=O) groups is 2. The molecule has 42 heavy (non-hydrogen) atoms. The molecule has 6 rings (SSSR count). The number of aromatic amines is 1. The number of rotatable bonds is 8. The van der Waals surface area contributed by atoms with Crippen molar-refractivity contribution < 1.29 is 28.2 Å². The Bertz CT molecular complexity index is 1610. The van der Waals surface area contributed by atoms with Gasteiger partial charge in [0.1, 0.15) is 28.8 Å². The van der Waals surface area contributed by atoms with E-state index >= 15 is 0 Å². The average Bonchev–Trinajstić information content (AvgIpc) is 3.53. The molecule has 1 spiro atoms. The van der Waals surface area contributed by atoms with E-state index in [-0.39, 0.29) is 30.1 Å². The van der Waals surface area contributed by atoms with Gasteiger partial charge in [-0.1, -0.05) is 0 Å². The minimum absolute atomic E-state index is 0.234. The van der Waals surface area contributed by atoms with Crippen molar-refractivity contribution in [1.29, 1.82) is 0 Å². The molecule has 12 heteroatoms.